The number of aliphatic hydroxyl groups excluding tert-OH is 1. The van der Waals surface area contributed by atoms with E-state index in [4.69, 9.17) is 5.10 Å². The summed E-state index contributed by atoms with van der Waals surface area (Å²) in [6.45, 7) is 0. The summed E-state index contributed by atoms with van der Waals surface area (Å²) < 4.78 is 1.94. The number of hydrogen-bond acceptors (Lipinski definition) is 5. The van der Waals surface area contributed by atoms with Gasteiger partial charge in [0.2, 0.25) is 0 Å². The standard InChI is InChI=1S/C22H22N4O2/c27-21-3-1-2-20(21)26-13-18(22(24-26)14-8-10-23-11-9-14)16-4-6-17-15(12-16)5-7-19(17)25-28/h4,6,8-13,19-21,27H,1-3,5,7H2/t19?,20-,21-/m1/s1. The third kappa shape index (κ3) is 2.85. The third-order valence-electron chi connectivity index (χ3n) is 6.10. The second-order valence-corrected chi connectivity index (χ2v) is 7.75. The van der Waals surface area contributed by atoms with Crippen LogP contribution >= 0.6 is 0 Å². The molecule has 0 amide bonds. The molecule has 0 radical (unpaired) electrons. The van der Waals surface area contributed by atoms with Crippen LogP contribution in [0.1, 0.15) is 48.9 Å². The number of rotatable bonds is 4. The summed E-state index contributed by atoms with van der Waals surface area (Å²) >= 11 is 0. The highest BCUT2D eigenvalue weighted by Gasteiger charge is 2.29. The number of fused-ring (bicyclic) bond motifs is 1. The Hall–Kier alpha value is -2.86. The molecule has 6 heteroatoms. The molecule has 0 saturated heterocycles. The lowest BCUT2D eigenvalue weighted by molar-refractivity contribution is 0.130. The van der Waals surface area contributed by atoms with Crippen LogP contribution in [0.15, 0.2) is 54.1 Å². The minimum absolute atomic E-state index is 0.0207. The highest BCUT2D eigenvalue weighted by molar-refractivity contribution is 5.80. The Morgan fingerprint density at radius 2 is 1.93 bits per heavy atom. The van der Waals surface area contributed by atoms with E-state index in [1.807, 2.05) is 22.9 Å². The van der Waals surface area contributed by atoms with Crippen molar-refractivity contribution in [3.63, 3.8) is 0 Å². The average Bonchev–Trinajstić information content (AvgIpc) is 3.45. The van der Waals surface area contributed by atoms with E-state index in [0.29, 0.717) is 0 Å². The maximum atomic E-state index is 11.1. The highest BCUT2D eigenvalue weighted by Crippen LogP contribution is 2.40. The van der Waals surface area contributed by atoms with Crippen LogP contribution in [0.4, 0.5) is 0 Å². The molecular weight excluding hydrogens is 352 g/mol. The van der Waals surface area contributed by atoms with Crippen LogP contribution in [-0.4, -0.2) is 26.0 Å². The number of hydrogen-bond donors (Lipinski definition) is 1. The number of aryl methyl sites for hydroxylation is 1. The van der Waals surface area contributed by atoms with Crippen molar-refractivity contribution in [1.82, 2.24) is 14.8 Å². The largest absolute Gasteiger partial charge is 0.391 e. The van der Waals surface area contributed by atoms with E-state index >= 15 is 0 Å². The summed E-state index contributed by atoms with van der Waals surface area (Å²) in [6.07, 6.45) is 9.69. The van der Waals surface area contributed by atoms with Crippen LogP contribution in [0.3, 0.4) is 0 Å². The Kier molecular flexibility index (Phi) is 4.28. The maximum absolute atomic E-state index is 11.1. The molecule has 2 aliphatic carbocycles. The van der Waals surface area contributed by atoms with Gasteiger partial charge in [0.25, 0.3) is 0 Å². The van der Waals surface area contributed by atoms with Crippen molar-refractivity contribution in [1.29, 1.82) is 0 Å². The van der Waals surface area contributed by atoms with E-state index in [9.17, 15) is 10.0 Å². The number of aliphatic hydroxyl groups is 1. The predicted octanol–water partition coefficient (Wildman–Crippen LogP) is 4.45. The first-order chi connectivity index (χ1) is 13.7. The summed E-state index contributed by atoms with van der Waals surface area (Å²) in [5.41, 5.74) is 6.25. The van der Waals surface area contributed by atoms with Gasteiger partial charge in [-0.1, -0.05) is 23.4 Å². The van der Waals surface area contributed by atoms with Crippen molar-refractivity contribution in [2.24, 2.45) is 5.18 Å². The zero-order valence-electron chi connectivity index (χ0n) is 15.5. The van der Waals surface area contributed by atoms with Gasteiger partial charge in [-0.3, -0.25) is 9.67 Å². The van der Waals surface area contributed by atoms with Crippen LogP contribution in [0, 0.1) is 4.91 Å². The summed E-state index contributed by atoms with van der Waals surface area (Å²) in [7, 11) is 0. The lowest BCUT2D eigenvalue weighted by atomic mass is 9.98. The highest BCUT2D eigenvalue weighted by atomic mass is 16.3. The lowest BCUT2D eigenvalue weighted by Crippen LogP contribution is -2.18. The SMILES string of the molecule is O=NC1CCc2cc(-c3cn([C@@H]4CCC[C@H]4O)nc3-c3ccncc3)ccc21. The van der Waals surface area contributed by atoms with Crippen LogP contribution in [-0.2, 0) is 6.42 Å². The quantitative estimate of drug-likeness (QED) is 0.684. The van der Waals surface area contributed by atoms with Gasteiger partial charge in [0.15, 0.2) is 0 Å². The van der Waals surface area contributed by atoms with Crippen molar-refractivity contribution < 1.29 is 5.11 Å². The minimum Gasteiger partial charge on any atom is -0.391 e. The first-order valence-electron chi connectivity index (χ1n) is 9.88. The molecule has 2 aromatic heterocycles. The molecular formula is C22H22N4O2. The zero-order chi connectivity index (χ0) is 19.1. The van der Waals surface area contributed by atoms with Gasteiger partial charge in [0.05, 0.1) is 12.1 Å². The molecule has 0 bridgehead atoms. The fourth-order valence-electron chi connectivity index (χ4n) is 4.60. The molecule has 1 fully saturated rings. The van der Waals surface area contributed by atoms with Gasteiger partial charge >= 0.3 is 0 Å². The Morgan fingerprint density at radius 3 is 2.68 bits per heavy atom. The molecule has 2 aliphatic rings. The van der Waals surface area contributed by atoms with Gasteiger partial charge in [0, 0.05) is 29.7 Å². The minimum atomic E-state index is -0.350. The molecule has 1 aromatic carbocycles. The number of benzene rings is 1. The number of pyridine rings is 1. The molecule has 2 heterocycles. The molecule has 28 heavy (non-hydrogen) atoms. The van der Waals surface area contributed by atoms with Gasteiger partial charge in [-0.15, -0.1) is 0 Å². The van der Waals surface area contributed by atoms with E-state index in [1.54, 1.807) is 12.4 Å². The fraction of sp³-hybridized carbons (Fsp3) is 0.364. The van der Waals surface area contributed by atoms with Crippen molar-refractivity contribution in [2.75, 3.05) is 0 Å². The molecule has 0 spiro atoms. The predicted molar refractivity (Wildman–Crippen MR) is 107 cm³/mol. The molecule has 6 nitrogen and oxygen atoms in total. The molecule has 5 rings (SSSR count). The maximum Gasteiger partial charge on any atom is 0.117 e. The van der Waals surface area contributed by atoms with Gasteiger partial charge in [-0.2, -0.15) is 10.0 Å². The molecule has 3 aromatic rings. The van der Waals surface area contributed by atoms with E-state index in [2.05, 4.69) is 28.5 Å². The Balaban J connectivity index is 1.62. The van der Waals surface area contributed by atoms with Crippen molar-refractivity contribution in [3.8, 4) is 22.4 Å². The van der Waals surface area contributed by atoms with Crippen LogP contribution in [0.25, 0.3) is 22.4 Å². The van der Waals surface area contributed by atoms with Crippen LogP contribution in [0.5, 0.6) is 0 Å². The Morgan fingerprint density at radius 1 is 1.07 bits per heavy atom. The third-order valence-corrected chi connectivity index (χ3v) is 6.10. The Bertz CT molecular complexity index is 1010. The lowest BCUT2D eigenvalue weighted by Gasteiger charge is -2.14. The smallest absolute Gasteiger partial charge is 0.117 e. The summed E-state index contributed by atoms with van der Waals surface area (Å²) in [6, 6.07) is 9.97. The fourth-order valence-corrected chi connectivity index (χ4v) is 4.60. The molecule has 1 unspecified atom stereocenters. The summed E-state index contributed by atoms with van der Waals surface area (Å²) in [5.74, 6) is 0. The molecule has 0 aliphatic heterocycles. The van der Waals surface area contributed by atoms with Crippen LogP contribution in [0.2, 0.25) is 0 Å². The van der Waals surface area contributed by atoms with E-state index in [1.165, 1.54) is 5.56 Å². The first kappa shape index (κ1) is 17.3. The van der Waals surface area contributed by atoms with Gasteiger partial charge in [0.1, 0.15) is 11.7 Å². The Labute approximate surface area is 163 Å². The van der Waals surface area contributed by atoms with Crippen molar-refractivity contribution in [3.05, 3.63) is 65.0 Å². The van der Waals surface area contributed by atoms with E-state index in [-0.39, 0.29) is 18.2 Å². The second kappa shape index (κ2) is 6.95. The zero-order valence-corrected chi connectivity index (χ0v) is 15.5. The van der Waals surface area contributed by atoms with Crippen molar-refractivity contribution in [2.45, 2.75) is 50.3 Å². The number of nitrogens with zero attached hydrogens (tertiary/aromatic N) is 4. The van der Waals surface area contributed by atoms with Crippen molar-refractivity contribution >= 4 is 0 Å². The normalized spacial score (nSPS) is 23.7. The molecule has 1 saturated carbocycles. The first-order valence-corrected chi connectivity index (χ1v) is 9.88. The van der Waals surface area contributed by atoms with E-state index < -0.39 is 0 Å². The van der Waals surface area contributed by atoms with E-state index in [0.717, 1.165) is 60.1 Å². The molecule has 3 atom stereocenters. The monoisotopic (exact) mass is 374 g/mol. The van der Waals surface area contributed by atoms with Gasteiger partial charge < -0.3 is 5.11 Å². The number of nitroso groups, excluding NO2 is 1. The molecule has 1 N–H and O–H groups in total. The average molecular weight is 374 g/mol. The van der Waals surface area contributed by atoms with Crippen LogP contribution < -0.4 is 0 Å². The summed E-state index contributed by atoms with van der Waals surface area (Å²) in [5, 5.41) is 18.5. The summed E-state index contributed by atoms with van der Waals surface area (Å²) in [4.78, 5) is 15.2. The second-order valence-electron chi connectivity index (χ2n) is 7.75. The van der Waals surface area contributed by atoms with Gasteiger partial charge in [-0.05, 0) is 60.9 Å². The number of aromatic nitrogens is 3. The topological polar surface area (TPSA) is 80.4 Å². The molecule has 142 valence electrons. The van der Waals surface area contributed by atoms with Gasteiger partial charge in [-0.25, -0.2) is 0 Å².